The van der Waals surface area contributed by atoms with Gasteiger partial charge in [0, 0.05) is 5.39 Å². The third-order valence-corrected chi connectivity index (χ3v) is 2.39. The van der Waals surface area contributed by atoms with E-state index in [4.69, 9.17) is 9.63 Å². The number of aliphatic carboxylic acids is 1. The highest BCUT2D eigenvalue weighted by Crippen LogP contribution is 2.16. The predicted octanol–water partition coefficient (Wildman–Crippen LogP) is 2.09. The molecule has 2 rings (SSSR count). The van der Waals surface area contributed by atoms with Crippen LogP contribution >= 0.6 is 0 Å². The zero-order valence-corrected chi connectivity index (χ0v) is 8.30. The molecule has 1 atom stereocenters. The van der Waals surface area contributed by atoms with Crippen molar-refractivity contribution in [2.75, 3.05) is 0 Å². The number of nitrogens with zero attached hydrogens (tertiary/aromatic N) is 1. The van der Waals surface area contributed by atoms with Crippen molar-refractivity contribution in [2.24, 2.45) is 5.92 Å². The van der Waals surface area contributed by atoms with Gasteiger partial charge in [-0.1, -0.05) is 18.1 Å². The number of carbonyl (C=O) groups is 1. The smallest absolute Gasteiger partial charge is 0.306 e. The molecule has 0 aliphatic carbocycles. The number of hydrogen-bond donors (Lipinski definition) is 1. The van der Waals surface area contributed by atoms with Gasteiger partial charge in [0.2, 0.25) is 0 Å². The summed E-state index contributed by atoms with van der Waals surface area (Å²) in [4.78, 5) is 10.7. The fourth-order valence-electron chi connectivity index (χ4n) is 1.48. The summed E-state index contributed by atoms with van der Waals surface area (Å²) in [5, 5.41) is 13.5. The molecular formula is C11H11NO3. The van der Waals surface area contributed by atoms with Gasteiger partial charge in [-0.25, -0.2) is 0 Å². The van der Waals surface area contributed by atoms with E-state index in [0.717, 1.165) is 16.5 Å². The fourth-order valence-corrected chi connectivity index (χ4v) is 1.48. The molecule has 0 fully saturated rings. The zero-order chi connectivity index (χ0) is 10.8. The van der Waals surface area contributed by atoms with Crippen LogP contribution in [0.3, 0.4) is 0 Å². The summed E-state index contributed by atoms with van der Waals surface area (Å²) in [5.74, 6) is -1.16. The van der Waals surface area contributed by atoms with E-state index in [0.29, 0.717) is 6.42 Å². The van der Waals surface area contributed by atoms with Crippen LogP contribution in [0.25, 0.3) is 10.9 Å². The molecule has 0 saturated heterocycles. The molecule has 0 bridgehead atoms. The molecule has 1 heterocycles. The van der Waals surface area contributed by atoms with Crippen molar-refractivity contribution in [3.05, 3.63) is 30.0 Å². The molecule has 4 heteroatoms. The normalized spacial score (nSPS) is 12.9. The summed E-state index contributed by atoms with van der Waals surface area (Å²) >= 11 is 0. The van der Waals surface area contributed by atoms with Gasteiger partial charge in [-0.05, 0) is 24.1 Å². The Bertz CT molecular complexity index is 489. The van der Waals surface area contributed by atoms with Crippen LogP contribution in [0.15, 0.2) is 29.0 Å². The Balaban J connectivity index is 2.24. The Kier molecular flexibility index (Phi) is 2.41. The van der Waals surface area contributed by atoms with Crippen molar-refractivity contribution in [3.63, 3.8) is 0 Å². The third kappa shape index (κ3) is 1.98. The van der Waals surface area contributed by atoms with Gasteiger partial charge in [-0.15, -0.1) is 0 Å². The molecule has 1 aromatic carbocycles. The number of fused-ring (bicyclic) bond motifs is 1. The van der Waals surface area contributed by atoms with E-state index in [1.165, 1.54) is 0 Å². The van der Waals surface area contributed by atoms with Crippen LogP contribution in [0, 0.1) is 5.92 Å². The lowest BCUT2D eigenvalue weighted by Crippen LogP contribution is -2.12. The fraction of sp³-hybridized carbons (Fsp3) is 0.273. The quantitative estimate of drug-likeness (QED) is 0.833. The Morgan fingerprint density at radius 2 is 2.40 bits per heavy atom. The summed E-state index contributed by atoms with van der Waals surface area (Å²) in [5.41, 5.74) is 1.73. The molecule has 0 radical (unpaired) electrons. The van der Waals surface area contributed by atoms with E-state index in [1.54, 1.807) is 13.2 Å². The average Bonchev–Trinajstić information content (AvgIpc) is 2.64. The van der Waals surface area contributed by atoms with Crippen LogP contribution in [0.5, 0.6) is 0 Å². The minimum atomic E-state index is -0.782. The van der Waals surface area contributed by atoms with Crippen LogP contribution in [-0.4, -0.2) is 16.2 Å². The van der Waals surface area contributed by atoms with Gasteiger partial charge in [-0.2, -0.15) is 0 Å². The molecule has 1 unspecified atom stereocenters. The van der Waals surface area contributed by atoms with Crippen molar-refractivity contribution < 1.29 is 14.4 Å². The Morgan fingerprint density at radius 1 is 1.60 bits per heavy atom. The summed E-state index contributed by atoms with van der Waals surface area (Å²) in [6, 6.07) is 5.65. The third-order valence-electron chi connectivity index (χ3n) is 2.39. The predicted molar refractivity (Wildman–Crippen MR) is 54.5 cm³/mol. The van der Waals surface area contributed by atoms with Gasteiger partial charge in [-0.3, -0.25) is 4.79 Å². The number of carboxylic acids is 1. The monoisotopic (exact) mass is 205 g/mol. The Hall–Kier alpha value is -1.84. The molecule has 4 nitrogen and oxygen atoms in total. The van der Waals surface area contributed by atoms with E-state index in [9.17, 15) is 4.79 Å². The second kappa shape index (κ2) is 3.73. The number of aromatic nitrogens is 1. The molecule has 1 N–H and O–H groups in total. The lowest BCUT2D eigenvalue weighted by atomic mass is 10.0. The summed E-state index contributed by atoms with van der Waals surface area (Å²) < 4.78 is 4.81. The van der Waals surface area contributed by atoms with Crippen LogP contribution in [0.1, 0.15) is 12.5 Å². The first-order valence-corrected chi connectivity index (χ1v) is 4.72. The number of rotatable bonds is 3. The van der Waals surface area contributed by atoms with Gasteiger partial charge in [0.05, 0.1) is 5.92 Å². The minimum Gasteiger partial charge on any atom is -0.481 e. The van der Waals surface area contributed by atoms with E-state index >= 15 is 0 Å². The maximum absolute atomic E-state index is 10.7. The van der Waals surface area contributed by atoms with E-state index < -0.39 is 5.97 Å². The molecule has 0 aliphatic rings. The molecule has 0 spiro atoms. The minimum absolute atomic E-state index is 0.380. The van der Waals surface area contributed by atoms with Gasteiger partial charge < -0.3 is 9.63 Å². The first kappa shape index (κ1) is 9.71. The lowest BCUT2D eigenvalue weighted by molar-refractivity contribution is -0.141. The zero-order valence-electron chi connectivity index (χ0n) is 8.30. The Labute approximate surface area is 86.5 Å². The lowest BCUT2D eigenvalue weighted by Gasteiger charge is -2.05. The SMILES string of the molecule is CC(Cc1ccc2conc2c1)C(=O)O. The van der Waals surface area contributed by atoms with Crippen molar-refractivity contribution in [1.29, 1.82) is 0 Å². The second-order valence-corrected chi connectivity index (χ2v) is 3.65. The van der Waals surface area contributed by atoms with E-state index in [1.807, 2.05) is 18.2 Å². The average molecular weight is 205 g/mol. The summed E-state index contributed by atoms with van der Waals surface area (Å²) in [7, 11) is 0. The largest absolute Gasteiger partial charge is 0.481 e. The van der Waals surface area contributed by atoms with Gasteiger partial charge >= 0.3 is 5.97 Å². The van der Waals surface area contributed by atoms with Gasteiger partial charge in [0.15, 0.2) is 0 Å². The summed E-state index contributed by atoms with van der Waals surface area (Å²) in [6.07, 6.45) is 2.08. The maximum Gasteiger partial charge on any atom is 0.306 e. The number of hydrogen-bond acceptors (Lipinski definition) is 3. The molecule has 15 heavy (non-hydrogen) atoms. The molecular weight excluding hydrogens is 194 g/mol. The summed E-state index contributed by atoms with van der Waals surface area (Å²) in [6.45, 7) is 1.69. The standard InChI is InChI=1S/C11H11NO3/c1-7(11(13)14)4-8-2-3-9-6-15-12-10(9)5-8/h2-3,5-7H,4H2,1H3,(H,13,14). The molecule has 0 aliphatic heterocycles. The van der Waals surface area contributed by atoms with Crippen LogP contribution < -0.4 is 0 Å². The molecule has 1 aromatic heterocycles. The van der Waals surface area contributed by atoms with Crippen molar-refractivity contribution >= 4 is 16.9 Å². The second-order valence-electron chi connectivity index (χ2n) is 3.65. The highest BCUT2D eigenvalue weighted by atomic mass is 16.5. The highest BCUT2D eigenvalue weighted by Gasteiger charge is 2.12. The topological polar surface area (TPSA) is 63.3 Å². The number of carboxylic acid groups (broad SMARTS) is 1. The first-order valence-electron chi connectivity index (χ1n) is 4.72. The molecule has 2 aromatic rings. The first-order chi connectivity index (χ1) is 7.16. The van der Waals surface area contributed by atoms with Crippen LogP contribution in [-0.2, 0) is 11.2 Å². The molecule has 78 valence electrons. The maximum atomic E-state index is 10.7. The van der Waals surface area contributed by atoms with E-state index in [2.05, 4.69) is 5.16 Å². The highest BCUT2D eigenvalue weighted by molar-refractivity contribution is 5.78. The molecule has 0 amide bonds. The Morgan fingerprint density at radius 3 is 3.13 bits per heavy atom. The van der Waals surface area contributed by atoms with Crippen molar-refractivity contribution in [3.8, 4) is 0 Å². The van der Waals surface area contributed by atoms with Crippen molar-refractivity contribution in [2.45, 2.75) is 13.3 Å². The molecule has 0 saturated carbocycles. The van der Waals surface area contributed by atoms with Crippen LogP contribution in [0.2, 0.25) is 0 Å². The van der Waals surface area contributed by atoms with Crippen LogP contribution in [0.4, 0.5) is 0 Å². The van der Waals surface area contributed by atoms with Gasteiger partial charge in [0.25, 0.3) is 0 Å². The van der Waals surface area contributed by atoms with Gasteiger partial charge in [0.1, 0.15) is 11.8 Å². The van der Waals surface area contributed by atoms with E-state index in [-0.39, 0.29) is 5.92 Å². The number of benzene rings is 1. The van der Waals surface area contributed by atoms with Crippen molar-refractivity contribution in [1.82, 2.24) is 5.16 Å².